The van der Waals surface area contributed by atoms with Crippen LogP contribution in [0.4, 0.5) is 16.0 Å². The van der Waals surface area contributed by atoms with Crippen molar-refractivity contribution < 1.29 is 4.39 Å². The van der Waals surface area contributed by atoms with E-state index in [1.807, 2.05) is 6.07 Å². The zero-order chi connectivity index (χ0) is 21.9. The predicted octanol–water partition coefficient (Wildman–Crippen LogP) is 4.11. The fraction of sp³-hybridized carbons (Fsp3) is 0.174. The van der Waals surface area contributed by atoms with Gasteiger partial charge in [0.15, 0.2) is 0 Å². The molecule has 0 aliphatic carbocycles. The van der Waals surface area contributed by atoms with Crippen molar-refractivity contribution in [2.24, 2.45) is 0 Å². The number of rotatable bonds is 4. The summed E-state index contributed by atoms with van der Waals surface area (Å²) in [4.78, 5) is 26.6. The zero-order valence-electron chi connectivity index (χ0n) is 17.1. The van der Waals surface area contributed by atoms with Gasteiger partial charge in [-0.15, -0.1) is 0 Å². The van der Waals surface area contributed by atoms with Crippen LogP contribution >= 0.6 is 11.6 Å². The van der Waals surface area contributed by atoms with Crippen molar-refractivity contribution in [3.05, 3.63) is 78.4 Å². The number of pyridine rings is 1. The van der Waals surface area contributed by atoms with E-state index in [1.54, 1.807) is 49.3 Å². The molecule has 1 aromatic carbocycles. The summed E-state index contributed by atoms with van der Waals surface area (Å²) in [5.41, 5.74) is 2.77. The molecule has 0 N–H and O–H groups in total. The van der Waals surface area contributed by atoms with Gasteiger partial charge in [-0.25, -0.2) is 14.4 Å². The highest BCUT2D eigenvalue weighted by Crippen LogP contribution is 2.34. The molecule has 160 valence electrons. The van der Waals surface area contributed by atoms with E-state index < -0.39 is 0 Å². The molecule has 0 unspecified atom stereocenters. The molecular weight excluding hydrogens is 429 g/mol. The van der Waals surface area contributed by atoms with E-state index in [1.165, 1.54) is 12.1 Å². The van der Waals surface area contributed by atoms with Gasteiger partial charge in [-0.2, -0.15) is 0 Å². The highest BCUT2D eigenvalue weighted by Gasteiger charge is 2.22. The molecule has 0 atom stereocenters. The smallest absolute Gasteiger partial charge is 0.147 e. The lowest BCUT2D eigenvalue weighted by Crippen LogP contribution is -2.47. The van der Waals surface area contributed by atoms with Crippen molar-refractivity contribution in [2.75, 3.05) is 36.0 Å². The molecule has 0 spiro atoms. The number of piperazine rings is 1. The molecule has 7 nitrogen and oxygen atoms in total. The Labute approximate surface area is 189 Å². The van der Waals surface area contributed by atoms with Crippen LogP contribution in [0.3, 0.4) is 0 Å². The highest BCUT2D eigenvalue weighted by molar-refractivity contribution is 6.33. The molecule has 0 amide bonds. The number of hydrogen-bond acceptors (Lipinski definition) is 7. The number of nitrogens with zero attached hydrogens (tertiary/aromatic N) is 7. The number of aromatic nitrogens is 5. The summed E-state index contributed by atoms with van der Waals surface area (Å²) in [6, 6.07) is 8.02. The van der Waals surface area contributed by atoms with Crippen molar-refractivity contribution in [1.29, 1.82) is 0 Å². The Morgan fingerprint density at radius 3 is 2.12 bits per heavy atom. The van der Waals surface area contributed by atoms with Gasteiger partial charge >= 0.3 is 0 Å². The lowest BCUT2D eigenvalue weighted by molar-refractivity contribution is 0.628. The molecule has 4 heterocycles. The van der Waals surface area contributed by atoms with Crippen LogP contribution in [0, 0.1) is 5.82 Å². The molecule has 0 saturated carbocycles. The topological polar surface area (TPSA) is 70.9 Å². The molecule has 4 aromatic rings. The highest BCUT2D eigenvalue weighted by atomic mass is 35.5. The van der Waals surface area contributed by atoms with Gasteiger partial charge in [0.2, 0.25) is 0 Å². The summed E-state index contributed by atoms with van der Waals surface area (Å²) in [6.45, 7) is 3.13. The average molecular weight is 448 g/mol. The van der Waals surface area contributed by atoms with E-state index in [0.717, 1.165) is 48.9 Å². The maximum atomic E-state index is 13.5. The van der Waals surface area contributed by atoms with Crippen LogP contribution in [0.15, 0.2) is 67.5 Å². The van der Waals surface area contributed by atoms with Gasteiger partial charge in [-0.1, -0.05) is 11.6 Å². The average Bonchev–Trinajstić information content (AvgIpc) is 2.85. The molecule has 32 heavy (non-hydrogen) atoms. The first-order chi connectivity index (χ1) is 15.7. The largest absolute Gasteiger partial charge is 0.352 e. The normalized spacial score (nSPS) is 13.9. The lowest BCUT2D eigenvalue weighted by atomic mass is 10.0. The first kappa shape index (κ1) is 20.3. The van der Waals surface area contributed by atoms with Crippen LogP contribution in [0.1, 0.15) is 0 Å². The summed E-state index contributed by atoms with van der Waals surface area (Å²) in [5, 5.41) is 0.481. The molecule has 1 fully saturated rings. The van der Waals surface area contributed by atoms with E-state index in [4.69, 9.17) is 21.6 Å². The fourth-order valence-electron chi connectivity index (χ4n) is 3.73. The van der Waals surface area contributed by atoms with Crippen molar-refractivity contribution in [3.63, 3.8) is 0 Å². The lowest BCUT2D eigenvalue weighted by Gasteiger charge is -2.35. The quantitative estimate of drug-likeness (QED) is 0.466. The van der Waals surface area contributed by atoms with Gasteiger partial charge in [-0.3, -0.25) is 15.0 Å². The third-order valence-corrected chi connectivity index (χ3v) is 5.68. The van der Waals surface area contributed by atoms with E-state index in [2.05, 4.69) is 24.8 Å². The summed E-state index contributed by atoms with van der Waals surface area (Å²) in [5.74, 6) is 1.33. The second kappa shape index (κ2) is 8.84. The van der Waals surface area contributed by atoms with Crippen molar-refractivity contribution in [3.8, 4) is 22.5 Å². The fourth-order valence-corrected chi connectivity index (χ4v) is 3.93. The van der Waals surface area contributed by atoms with Crippen LogP contribution in [0.5, 0.6) is 0 Å². The Hall–Kier alpha value is -3.65. The second-order valence-corrected chi connectivity index (χ2v) is 7.73. The van der Waals surface area contributed by atoms with Gasteiger partial charge in [0.05, 0.1) is 23.1 Å². The molecule has 1 aliphatic rings. The van der Waals surface area contributed by atoms with E-state index in [9.17, 15) is 4.39 Å². The SMILES string of the molecule is Fc1ccc(-c2ncc(N3CCN(c4cnccn4)CC3)nc2-c2ccncc2Cl)cc1. The first-order valence-corrected chi connectivity index (χ1v) is 10.6. The van der Waals surface area contributed by atoms with Crippen LogP contribution in [-0.4, -0.2) is 51.1 Å². The van der Waals surface area contributed by atoms with Crippen LogP contribution in [0.25, 0.3) is 22.5 Å². The summed E-state index contributed by atoms with van der Waals surface area (Å²) >= 11 is 6.45. The molecule has 5 rings (SSSR count). The Morgan fingerprint density at radius 1 is 0.719 bits per heavy atom. The monoisotopic (exact) mass is 447 g/mol. The molecule has 1 aliphatic heterocycles. The van der Waals surface area contributed by atoms with Gasteiger partial charge in [-0.05, 0) is 30.3 Å². The molecular formula is C23H19ClFN7. The third kappa shape index (κ3) is 4.09. The number of benzene rings is 1. The van der Waals surface area contributed by atoms with Gasteiger partial charge < -0.3 is 9.80 Å². The van der Waals surface area contributed by atoms with Crippen molar-refractivity contribution >= 4 is 23.2 Å². The molecule has 0 radical (unpaired) electrons. The summed E-state index contributed by atoms with van der Waals surface area (Å²) < 4.78 is 13.5. The standard InChI is InChI=1S/C23H19ClFN7/c24-19-13-26-6-5-18(19)23-22(16-1-3-17(25)4-2-16)29-15-21(30-23)32-11-9-31(10-12-32)20-14-27-7-8-28-20/h1-8,13-15H,9-12H2. The minimum absolute atomic E-state index is 0.303. The van der Waals surface area contributed by atoms with Gasteiger partial charge in [0.25, 0.3) is 0 Å². The minimum Gasteiger partial charge on any atom is -0.352 e. The van der Waals surface area contributed by atoms with Crippen LogP contribution in [0.2, 0.25) is 5.02 Å². The first-order valence-electron chi connectivity index (χ1n) is 10.2. The molecule has 0 bridgehead atoms. The van der Waals surface area contributed by atoms with E-state index >= 15 is 0 Å². The number of hydrogen-bond donors (Lipinski definition) is 0. The Kier molecular flexibility index (Phi) is 5.60. The maximum absolute atomic E-state index is 13.5. The number of anilines is 2. The predicted molar refractivity (Wildman–Crippen MR) is 122 cm³/mol. The molecule has 9 heteroatoms. The second-order valence-electron chi connectivity index (χ2n) is 7.33. The maximum Gasteiger partial charge on any atom is 0.147 e. The third-order valence-electron chi connectivity index (χ3n) is 5.38. The summed E-state index contributed by atoms with van der Waals surface area (Å²) in [6.07, 6.45) is 10.2. The molecule has 1 saturated heterocycles. The summed E-state index contributed by atoms with van der Waals surface area (Å²) in [7, 11) is 0. The number of halogens is 2. The van der Waals surface area contributed by atoms with E-state index in [0.29, 0.717) is 16.4 Å². The van der Waals surface area contributed by atoms with Crippen molar-refractivity contribution in [2.45, 2.75) is 0 Å². The van der Waals surface area contributed by atoms with Crippen LogP contribution < -0.4 is 9.80 Å². The molecule has 3 aromatic heterocycles. The Balaban J connectivity index is 1.48. The minimum atomic E-state index is -0.303. The zero-order valence-corrected chi connectivity index (χ0v) is 17.8. The Bertz CT molecular complexity index is 1210. The van der Waals surface area contributed by atoms with E-state index in [-0.39, 0.29) is 5.82 Å². The van der Waals surface area contributed by atoms with Gasteiger partial charge in [0, 0.05) is 62.1 Å². The van der Waals surface area contributed by atoms with Gasteiger partial charge in [0.1, 0.15) is 23.1 Å². The van der Waals surface area contributed by atoms with Crippen molar-refractivity contribution in [1.82, 2.24) is 24.9 Å². The van der Waals surface area contributed by atoms with Crippen LogP contribution in [-0.2, 0) is 0 Å². The Morgan fingerprint density at radius 2 is 1.44 bits per heavy atom.